The minimum atomic E-state index is -0.757. The molecule has 92 valence electrons. The predicted octanol–water partition coefficient (Wildman–Crippen LogP) is 1.80. The molecule has 0 bridgehead atoms. The molecular formula is C13H18N2O2. The second kappa shape index (κ2) is 4.04. The molecule has 2 rings (SSSR count). The van der Waals surface area contributed by atoms with Gasteiger partial charge in [0.15, 0.2) is 0 Å². The normalized spacial score (nSPS) is 12.2. The molecule has 17 heavy (non-hydrogen) atoms. The summed E-state index contributed by atoms with van der Waals surface area (Å²) < 4.78 is 1.68. The van der Waals surface area contributed by atoms with E-state index in [4.69, 9.17) is 0 Å². The third-order valence-electron chi connectivity index (χ3n) is 2.88. The topological polar surface area (TPSA) is 58.0 Å². The van der Waals surface area contributed by atoms with E-state index in [1.165, 1.54) is 0 Å². The molecule has 0 fully saturated rings. The van der Waals surface area contributed by atoms with E-state index >= 15 is 0 Å². The predicted molar refractivity (Wildman–Crippen MR) is 68.2 cm³/mol. The molecule has 0 unspecified atom stereocenters. The van der Waals surface area contributed by atoms with Crippen molar-refractivity contribution >= 4 is 11.0 Å². The van der Waals surface area contributed by atoms with Crippen molar-refractivity contribution in [1.29, 1.82) is 0 Å². The van der Waals surface area contributed by atoms with E-state index in [1.807, 2.05) is 25.1 Å². The Morgan fingerprint density at radius 2 is 2.12 bits per heavy atom. The number of rotatable bonds is 3. The molecule has 0 radical (unpaired) electrons. The van der Waals surface area contributed by atoms with Gasteiger partial charge in [0.2, 0.25) is 0 Å². The Kier molecular flexibility index (Phi) is 2.83. The van der Waals surface area contributed by atoms with Crippen LogP contribution in [0.1, 0.15) is 25.8 Å². The molecular weight excluding hydrogens is 216 g/mol. The molecule has 0 aliphatic carbocycles. The van der Waals surface area contributed by atoms with Gasteiger partial charge in [-0.1, -0.05) is 6.07 Å². The third kappa shape index (κ3) is 2.58. The second-order valence-corrected chi connectivity index (χ2v) is 5.16. The molecule has 4 nitrogen and oxygen atoms in total. The zero-order chi connectivity index (χ0) is 12.6. The lowest BCUT2D eigenvalue weighted by molar-refractivity contribution is 0.0663. The highest BCUT2D eigenvalue weighted by Gasteiger charge is 2.14. The number of nitrogens with zero attached hydrogens (tertiary/aromatic N) is 1. The third-order valence-corrected chi connectivity index (χ3v) is 2.88. The average molecular weight is 234 g/mol. The summed E-state index contributed by atoms with van der Waals surface area (Å²) in [7, 11) is 0. The fourth-order valence-electron chi connectivity index (χ4n) is 1.87. The Bertz CT molecular complexity index is 587. The number of aryl methyl sites for hydroxylation is 2. The summed E-state index contributed by atoms with van der Waals surface area (Å²) in [5.74, 6) is 0. The van der Waals surface area contributed by atoms with Crippen LogP contribution in [0.4, 0.5) is 0 Å². The monoisotopic (exact) mass is 234 g/mol. The van der Waals surface area contributed by atoms with Crippen LogP contribution in [0.5, 0.6) is 0 Å². The lowest BCUT2D eigenvalue weighted by Gasteiger charge is -2.16. The summed E-state index contributed by atoms with van der Waals surface area (Å²) in [6, 6.07) is 5.86. The van der Waals surface area contributed by atoms with Crippen LogP contribution in [0, 0.1) is 6.92 Å². The Balaban J connectivity index is 2.42. The first-order valence-electron chi connectivity index (χ1n) is 5.78. The fraction of sp³-hybridized carbons (Fsp3) is 0.462. The SMILES string of the molecule is Cc1ccc2[nH]c(=O)n(CCC(C)(C)O)c2c1. The Labute approximate surface area is 99.9 Å². The molecule has 0 amide bonds. The maximum Gasteiger partial charge on any atom is 0.326 e. The zero-order valence-electron chi connectivity index (χ0n) is 10.4. The smallest absolute Gasteiger partial charge is 0.326 e. The van der Waals surface area contributed by atoms with Crippen molar-refractivity contribution in [3.05, 3.63) is 34.2 Å². The first kappa shape index (κ1) is 11.9. The van der Waals surface area contributed by atoms with Crippen LogP contribution in [-0.4, -0.2) is 20.3 Å². The van der Waals surface area contributed by atoms with Gasteiger partial charge >= 0.3 is 5.69 Å². The van der Waals surface area contributed by atoms with E-state index in [0.29, 0.717) is 13.0 Å². The van der Waals surface area contributed by atoms with Crippen LogP contribution >= 0.6 is 0 Å². The van der Waals surface area contributed by atoms with E-state index in [2.05, 4.69) is 4.98 Å². The van der Waals surface area contributed by atoms with E-state index in [9.17, 15) is 9.90 Å². The van der Waals surface area contributed by atoms with Crippen LogP contribution in [-0.2, 0) is 6.54 Å². The number of aliphatic hydroxyl groups is 1. The number of aromatic amines is 1. The number of fused-ring (bicyclic) bond motifs is 1. The van der Waals surface area contributed by atoms with Crippen molar-refractivity contribution in [3.8, 4) is 0 Å². The summed E-state index contributed by atoms with van der Waals surface area (Å²) >= 11 is 0. The van der Waals surface area contributed by atoms with Gasteiger partial charge in [0.25, 0.3) is 0 Å². The van der Waals surface area contributed by atoms with Crippen molar-refractivity contribution in [3.63, 3.8) is 0 Å². The molecule has 4 heteroatoms. The molecule has 0 aliphatic heterocycles. The standard InChI is InChI=1S/C13H18N2O2/c1-9-4-5-10-11(8-9)15(12(16)14-10)7-6-13(2,3)17/h4-5,8,17H,6-7H2,1-3H3,(H,14,16). The van der Waals surface area contributed by atoms with Crippen LogP contribution in [0.15, 0.2) is 23.0 Å². The van der Waals surface area contributed by atoms with Gasteiger partial charge in [-0.25, -0.2) is 4.79 Å². The summed E-state index contributed by atoms with van der Waals surface area (Å²) in [5.41, 5.74) is 1.99. The van der Waals surface area contributed by atoms with Crippen LogP contribution in [0.3, 0.4) is 0 Å². The van der Waals surface area contributed by atoms with Crippen LogP contribution < -0.4 is 5.69 Å². The van der Waals surface area contributed by atoms with E-state index in [-0.39, 0.29) is 5.69 Å². The Morgan fingerprint density at radius 3 is 2.76 bits per heavy atom. The number of aromatic nitrogens is 2. The highest BCUT2D eigenvalue weighted by atomic mass is 16.3. The van der Waals surface area contributed by atoms with E-state index in [0.717, 1.165) is 16.6 Å². The van der Waals surface area contributed by atoms with Crippen LogP contribution in [0.2, 0.25) is 0 Å². The van der Waals surface area contributed by atoms with Gasteiger partial charge in [-0.05, 0) is 44.9 Å². The minimum absolute atomic E-state index is 0.116. The Morgan fingerprint density at radius 1 is 1.41 bits per heavy atom. The molecule has 2 aromatic rings. The molecule has 0 saturated carbocycles. The highest BCUT2D eigenvalue weighted by Crippen LogP contribution is 2.15. The second-order valence-electron chi connectivity index (χ2n) is 5.16. The molecule has 0 atom stereocenters. The van der Waals surface area contributed by atoms with Gasteiger partial charge < -0.3 is 10.1 Å². The summed E-state index contributed by atoms with van der Waals surface area (Å²) in [6.45, 7) is 6.01. The molecule has 1 heterocycles. The number of imidazole rings is 1. The molecule has 1 aromatic carbocycles. The number of H-pyrrole nitrogens is 1. The number of benzene rings is 1. The van der Waals surface area contributed by atoms with Crippen molar-refractivity contribution in [2.75, 3.05) is 0 Å². The van der Waals surface area contributed by atoms with Crippen molar-refractivity contribution in [2.24, 2.45) is 0 Å². The van der Waals surface area contributed by atoms with E-state index < -0.39 is 5.60 Å². The van der Waals surface area contributed by atoms with Gasteiger partial charge in [-0.3, -0.25) is 4.57 Å². The van der Waals surface area contributed by atoms with Crippen molar-refractivity contribution < 1.29 is 5.11 Å². The number of nitrogens with one attached hydrogen (secondary N) is 1. The van der Waals surface area contributed by atoms with Gasteiger partial charge in [0, 0.05) is 6.54 Å². The van der Waals surface area contributed by atoms with Gasteiger partial charge in [-0.2, -0.15) is 0 Å². The molecule has 2 N–H and O–H groups in total. The maximum atomic E-state index is 11.8. The van der Waals surface area contributed by atoms with E-state index in [1.54, 1.807) is 18.4 Å². The minimum Gasteiger partial charge on any atom is -0.390 e. The molecule has 0 spiro atoms. The van der Waals surface area contributed by atoms with Crippen LogP contribution in [0.25, 0.3) is 11.0 Å². The number of hydrogen-bond donors (Lipinski definition) is 2. The molecule has 1 aromatic heterocycles. The molecule has 0 aliphatic rings. The zero-order valence-corrected chi connectivity index (χ0v) is 10.4. The van der Waals surface area contributed by atoms with Crippen molar-refractivity contribution in [2.45, 2.75) is 39.3 Å². The highest BCUT2D eigenvalue weighted by molar-refractivity contribution is 5.75. The first-order chi connectivity index (χ1) is 7.87. The van der Waals surface area contributed by atoms with Gasteiger partial charge in [0.05, 0.1) is 16.6 Å². The maximum absolute atomic E-state index is 11.8. The largest absolute Gasteiger partial charge is 0.390 e. The summed E-state index contributed by atoms with van der Waals surface area (Å²) in [6.07, 6.45) is 0.549. The average Bonchev–Trinajstić information content (AvgIpc) is 2.49. The quantitative estimate of drug-likeness (QED) is 0.850. The fourth-order valence-corrected chi connectivity index (χ4v) is 1.87. The number of hydrogen-bond acceptors (Lipinski definition) is 2. The van der Waals surface area contributed by atoms with Crippen molar-refractivity contribution in [1.82, 2.24) is 9.55 Å². The lowest BCUT2D eigenvalue weighted by atomic mass is 10.1. The lowest BCUT2D eigenvalue weighted by Crippen LogP contribution is -2.25. The molecule has 0 saturated heterocycles. The summed E-state index contributed by atoms with van der Waals surface area (Å²) in [5, 5.41) is 9.71. The summed E-state index contributed by atoms with van der Waals surface area (Å²) in [4.78, 5) is 14.6. The first-order valence-corrected chi connectivity index (χ1v) is 5.78. The van der Waals surface area contributed by atoms with Gasteiger partial charge in [0.1, 0.15) is 0 Å². The van der Waals surface area contributed by atoms with Gasteiger partial charge in [-0.15, -0.1) is 0 Å². The Hall–Kier alpha value is -1.55.